The molecule has 2 N–H and O–H groups in total. The number of aromatic nitrogens is 2. The van der Waals surface area contributed by atoms with Crippen LogP contribution in [0.2, 0.25) is 5.28 Å². The molecule has 6 nitrogen and oxygen atoms in total. The molecule has 1 rings (SSSR count). The lowest BCUT2D eigenvalue weighted by molar-refractivity contribution is -0.129. The Kier molecular flexibility index (Phi) is 5.15. The summed E-state index contributed by atoms with van der Waals surface area (Å²) >= 11 is 5.71. The molecule has 18 heavy (non-hydrogen) atoms. The van der Waals surface area contributed by atoms with E-state index in [9.17, 15) is 4.79 Å². The number of hydrogen-bond acceptors (Lipinski definition) is 5. The second-order valence-corrected chi connectivity index (χ2v) is 4.18. The molecule has 0 saturated heterocycles. The molecule has 1 aromatic heterocycles. The van der Waals surface area contributed by atoms with E-state index in [0.29, 0.717) is 24.6 Å². The van der Waals surface area contributed by atoms with Crippen LogP contribution in [0.5, 0.6) is 0 Å². The number of nitrogens with zero attached hydrogens (tertiary/aromatic N) is 4. The third-order valence-electron chi connectivity index (χ3n) is 2.62. The summed E-state index contributed by atoms with van der Waals surface area (Å²) < 4.78 is 0. The van der Waals surface area contributed by atoms with Crippen LogP contribution in [-0.2, 0) is 4.79 Å². The number of carbonyl (C=O) groups is 1. The molecule has 1 aromatic rings. The molecule has 0 fully saturated rings. The van der Waals surface area contributed by atoms with Crippen LogP contribution >= 0.6 is 11.6 Å². The van der Waals surface area contributed by atoms with Crippen molar-refractivity contribution in [1.82, 2.24) is 14.9 Å². The highest BCUT2D eigenvalue weighted by molar-refractivity contribution is 6.28. The van der Waals surface area contributed by atoms with Crippen molar-refractivity contribution in [1.29, 1.82) is 0 Å². The molecule has 0 spiro atoms. The number of hydrogen-bond donors (Lipinski definition) is 1. The van der Waals surface area contributed by atoms with E-state index in [1.165, 1.54) is 6.20 Å². The average Bonchev–Trinajstić information content (AvgIpc) is 2.33. The van der Waals surface area contributed by atoms with Crippen molar-refractivity contribution in [3.8, 4) is 0 Å². The number of rotatable bonds is 5. The van der Waals surface area contributed by atoms with Gasteiger partial charge < -0.3 is 15.5 Å². The van der Waals surface area contributed by atoms with Crippen LogP contribution < -0.4 is 10.6 Å². The molecule has 1 amide bonds. The summed E-state index contributed by atoms with van der Waals surface area (Å²) in [5, 5.41) is 0.112. The van der Waals surface area contributed by atoms with Gasteiger partial charge in [0, 0.05) is 20.1 Å². The van der Waals surface area contributed by atoms with E-state index in [2.05, 4.69) is 9.97 Å². The van der Waals surface area contributed by atoms with Crippen LogP contribution in [0.15, 0.2) is 6.20 Å². The number of nitrogens with two attached hydrogens (primary N) is 1. The Labute approximate surface area is 112 Å². The second-order valence-electron chi connectivity index (χ2n) is 3.84. The predicted molar refractivity (Wildman–Crippen MR) is 72.7 cm³/mol. The molecular formula is C11H18ClN5O. The maximum absolute atomic E-state index is 12.0. The first-order valence-corrected chi connectivity index (χ1v) is 6.14. The lowest BCUT2D eigenvalue weighted by Crippen LogP contribution is -2.39. The van der Waals surface area contributed by atoms with Gasteiger partial charge in [0.05, 0.1) is 18.4 Å². The van der Waals surface area contributed by atoms with Crippen molar-refractivity contribution in [3.05, 3.63) is 11.5 Å². The topological polar surface area (TPSA) is 75.4 Å². The Morgan fingerprint density at radius 2 is 2.06 bits per heavy atom. The standard InChI is InChI=1S/C11H18ClN5O/c1-4-17(5-2)9(18)7-16(3)10-8(13)6-14-11(12)15-10/h6H,4-5,7,13H2,1-3H3. The van der Waals surface area contributed by atoms with Gasteiger partial charge in [0.1, 0.15) is 0 Å². The fraction of sp³-hybridized carbons (Fsp3) is 0.545. The molecule has 0 unspecified atom stereocenters. The van der Waals surface area contributed by atoms with Crippen LogP contribution in [0.1, 0.15) is 13.8 Å². The number of halogens is 1. The third kappa shape index (κ3) is 3.46. The lowest BCUT2D eigenvalue weighted by atomic mass is 10.4. The molecule has 0 saturated carbocycles. The third-order valence-corrected chi connectivity index (χ3v) is 2.80. The van der Waals surface area contributed by atoms with Gasteiger partial charge in [-0.25, -0.2) is 4.98 Å². The summed E-state index contributed by atoms with van der Waals surface area (Å²) in [4.78, 5) is 23.2. The number of likely N-dealkylation sites (N-methyl/N-ethyl adjacent to an activating group) is 2. The molecule has 100 valence electrons. The van der Waals surface area contributed by atoms with Gasteiger partial charge in [-0.05, 0) is 25.4 Å². The van der Waals surface area contributed by atoms with Gasteiger partial charge in [0.25, 0.3) is 0 Å². The Hall–Kier alpha value is -1.56. The van der Waals surface area contributed by atoms with Gasteiger partial charge in [-0.1, -0.05) is 0 Å². The minimum absolute atomic E-state index is 0.0247. The first kappa shape index (κ1) is 14.5. The first-order valence-electron chi connectivity index (χ1n) is 5.76. The van der Waals surface area contributed by atoms with Gasteiger partial charge in [-0.15, -0.1) is 0 Å². The normalized spacial score (nSPS) is 10.2. The predicted octanol–water partition coefficient (Wildman–Crippen LogP) is 1.02. The summed E-state index contributed by atoms with van der Waals surface area (Å²) in [7, 11) is 1.75. The quantitative estimate of drug-likeness (QED) is 0.809. The highest BCUT2D eigenvalue weighted by Gasteiger charge is 2.15. The summed E-state index contributed by atoms with van der Waals surface area (Å²) in [6.07, 6.45) is 1.43. The van der Waals surface area contributed by atoms with Crippen LogP contribution in [0, 0.1) is 0 Å². The average molecular weight is 272 g/mol. The van der Waals surface area contributed by atoms with E-state index >= 15 is 0 Å². The largest absolute Gasteiger partial charge is 0.394 e. The molecule has 0 aliphatic rings. The van der Waals surface area contributed by atoms with Crippen molar-refractivity contribution >= 4 is 29.0 Å². The molecular weight excluding hydrogens is 254 g/mol. The van der Waals surface area contributed by atoms with Gasteiger partial charge >= 0.3 is 0 Å². The minimum atomic E-state index is 0.0247. The van der Waals surface area contributed by atoms with Crippen LogP contribution in [-0.4, -0.2) is 47.5 Å². The van der Waals surface area contributed by atoms with E-state index in [-0.39, 0.29) is 17.7 Å². The highest BCUT2D eigenvalue weighted by atomic mass is 35.5. The number of amides is 1. The highest BCUT2D eigenvalue weighted by Crippen LogP contribution is 2.19. The minimum Gasteiger partial charge on any atom is -0.394 e. The summed E-state index contributed by atoms with van der Waals surface area (Å²) in [5.41, 5.74) is 6.15. The fourth-order valence-electron chi connectivity index (χ4n) is 1.62. The molecule has 0 aliphatic heterocycles. The van der Waals surface area contributed by atoms with Crippen LogP contribution in [0.3, 0.4) is 0 Å². The maximum Gasteiger partial charge on any atom is 0.242 e. The number of carbonyl (C=O) groups excluding carboxylic acids is 1. The Morgan fingerprint density at radius 3 is 2.61 bits per heavy atom. The monoisotopic (exact) mass is 271 g/mol. The number of anilines is 2. The van der Waals surface area contributed by atoms with Gasteiger partial charge in [0.2, 0.25) is 11.2 Å². The zero-order chi connectivity index (χ0) is 13.7. The van der Waals surface area contributed by atoms with Crippen molar-refractivity contribution in [2.75, 3.05) is 37.3 Å². The Morgan fingerprint density at radius 1 is 1.44 bits per heavy atom. The van der Waals surface area contributed by atoms with Gasteiger partial charge in [0.15, 0.2) is 5.82 Å². The van der Waals surface area contributed by atoms with E-state index in [0.717, 1.165) is 0 Å². The molecule has 0 radical (unpaired) electrons. The van der Waals surface area contributed by atoms with E-state index < -0.39 is 0 Å². The van der Waals surface area contributed by atoms with Crippen molar-refractivity contribution in [3.63, 3.8) is 0 Å². The fourth-order valence-corrected chi connectivity index (χ4v) is 1.75. The van der Waals surface area contributed by atoms with E-state index in [1.54, 1.807) is 16.8 Å². The van der Waals surface area contributed by atoms with E-state index in [4.69, 9.17) is 17.3 Å². The summed E-state index contributed by atoms with van der Waals surface area (Å²) in [6, 6.07) is 0. The zero-order valence-electron chi connectivity index (χ0n) is 10.9. The SMILES string of the molecule is CCN(CC)C(=O)CN(C)c1nc(Cl)ncc1N. The van der Waals surface area contributed by atoms with Crippen molar-refractivity contribution < 1.29 is 4.79 Å². The Balaban J connectivity index is 2.79. The maximum atomic E-state index is 12.0. The van der Waals surface area contributed by atoms with Crippen molar-refractivity contribution in [2.45, 2.75) is 13.8 Å². The molecule has 1 heterocycles. The van der Waals surface area contributed by atoms with Crippen LogP contribution in [0.25, 0.3) is 0 Å². The lowest BCUT2D eigenvalue weighted by Gasteiger charge is -2.24. The van der Waals surface area contributed by atoms with Gasteiger partial charge in [-0.2, -0.15) is 4.98 Å². The first-order chi connectivity index (χ1) is 8.49. The van der Waals surface area contributed by atoms with Crippen LogP contribution in [0.4, 0.5) is 11.5 Å². The van der Waals surface area contributed by atoms with E-state index in [1.807, 2.05) is 13.8 Å². The number of nitrogen functional groups attached to an aromatic ring is 1. The molecule has 7 heteroatoms. The summed E-state index contributed by atoms with van der Waals surface area (Å²) in [6.45, 7) is 5.46. The molecule has 0 aliphatic carbocycles. The molecule has 0 atom stereocenters. The summed E-state index contributed by atoms with van der Waals surface area (Å²) in [5.74, 6) is 0.493. The second kappa shape index (κ2) is 6.39. The molecule has 0 aromatic carbocycles. The zero-order valence-corrected chi connectivity index (χ0v) is 11.6. The van der Waals surface area contributed by atoms with Crippen molar-refractivity contribution in [2.24, 2.45) is 0 Å². The molecule has 0 bridgehead atoms. The smallest absolute Gasteiger partial charge is 0.242 e. The Bertz CT molecular complexity index is 422. The van der Waals surface area contributed by atoms with Gasteiger partial charge in [-0.3, -0.25) is 4.79 Å².